The number of carbonyl (C=O) groups excluding carboxylic acids is 1. The van der Waals surface area contributed by atoms with Crippen molar-refractivity contribution < 1.29 is 9.53 Å². The summed E-state index contributed by atoms with van der Waals surface area (Å²) < 4.78 is 6.21. The van der Waals surface area contributed by atoms with Crippen LogP contribution in [-0.4, -0.2) is 22.5 Å². The van der Waals surface area contributed by atoms with E-state index in [9.17, 15) is 4.79 Å². The molecule has 2 rings (SSSR count). The minimum Gasteiger partial charge on any atom is -0.464 e. The molecular weight excluding hydrogens is 251 g/mol. The summed E-state index contributed by atoms with van der Waals surface area (Å²) in [6.45, 7) is 1.71. The van der Waals surface area contributed by atoms with Gasteiger partial charge in [0.2, 0.25) is 0 Å². The van der Waals surface area contributed by atoms with E-state index in [1.807, 2.05) is 0 Å². The highest BCUT2D eigenvalue weighted by atomic mass is 35.5. The summed E-state index contributed by atoms with van der Waals surface area (Å²) in [5, 5.41) is 0.825. The average molecular weight is 259 g/mol. The average Bonchev–Trinajstić information content (AvgIpc) is 2.54. The first-order valence-electron chi connectivity index (χ1n) is 4.46. The van der Waals surface area contributed by atoms with E-state index < -0.39 is 5.97 Å². The Bertz CT molecular complexity index is 578. The van der Waals surface area contributed by atoms with Crippen LogP contribution in [0.5, 0.6) is 0 Å². The fraction of sp³-hybridized carbons (Fsp3) is 0.200. The van der Waals surface area contributed by atoms with Gasteiger partial charge < -0.3 is 4.74 Å². The Morgan fingerprint density at radius 1 is 1.50 bits per heavy atom. The van der Waals surface area contributed by atoms with Crippen LogP contribution in [0.3, 0.4) is 0 Å². The second-order valence-electron chi connectivity index (χ2n) is 3.24. The van der Waals surface area contributed by atoms with E-state index in [0.29, 0.717) is 27.1 Å². The maximum absolute atomic E-state index is 11.6. The van der Waals surface area contributed by atoms with Crippen molar-refractivity contribution in [3.8, 4) is 0 Å². The number of nitrogens with zero attached hydrogens (tertiary/aromatic N) is 2. The van der Waals surface area contributed by atoms with Crippen LogP contribution < -0.4 is 0 Å². The second-order valence-corrected chi connectivity index (χ2v) is 4.08. The molecule has 0 saturated carbocycles. The summed E-state index contributed by atoms with van der Waals surface area (Å²) in [6.07, 6.45) is 1.58. The van der Waals surface area contributed by atoms with Gasteiger partial charge in [-0.2, -0.15) is 0 Å². The van der Waals surface area contributed by atoms with Crippen molar-refractivity contribution in [2.75, 3.05) is 7.11 Å². The molecule has 0 aliphatic heterocycles. The van der Waals surface area contributed by atoms with Gasteiger partial charge in [-0.3, -0.25) is 4.40 Å². The van der Waals surface area contributed by atoms with Crippen LogP contribution in [0.25, 0.3) is 5.65 Å². The highest BCUT2D eigenvalue weighted by molar-refractivity contribution is 6.36. The number of hydrogen-bond acceptors (Lipinski definition) is 3. The Kier molecular flexibility index (Phi) is 2.78. The summed E-state index contributed by atoms with van der Waals surface area (Å²) in [6, 6.07) is 1.58. The molecule has 0 spiro atoms. The normalized spacial score (nSPS) is 10.8. The van der Waals surface area contributed by atoms with E-state index in [1.165, 1.54) is 11.5 Å². The second kappa shape index (κ2) is 3.96. The molecule has 0 radical (unpaired) electrons. The lowest BCUT2D eigenvalue weighted by molar-refractivity contribution is 0.0592. The smallest absolute Gasteiger partial charge is 0.356 e. The van der Waals surface area contributed by atoms with E-state index in [2.05, 4.69) is 9.72 Å². The quantitative estimate of drug-likeness (QED) is 0.739. The number of esters is 1. The molecular formula is C10H8Cl2N2O2. The van der Waals surface area contributed by atoms with E-state index in [0.717, 1.165) is 0 Å². The maximum atomic E-state index is 11.6. The lowest BCUT2D eigenvalue weighted by atomic mass is 10.3. The van der Waals surface area contributed by atoms with Crippen LogP contribution in [0.4, 0.5) is 0 Å². The van der Waals surface area contributed by atoms with Crippen LogP contribution in [0.1, 0.15) is 16.2 Å². The van der Waals surface area contributed by atoms with Crippen molar-refractivity contribution in [2.24, 2.45) is 0 Å². The first-order chi connectivity index (χ1) is 7.54. The number of carbonyl (C=O) groups is 1. The third kappa shape index (κ3) is 1.64. The summed E-state index contributed by atoms with van der Waals surface area (Å²) in [4.78, 5) is 15.8. The van der Waals surface area contributed by atoms with Gasteiger partial charge in [-0.25, -0.2) is 9.78 Å². The monoisotopic (exact) mass is 258 g/mol. The molecule has 0 saturated heterocycles. The van der Waals surface area contributed by atoms with E-state index in [4.69, 9.17) is 23.2 Å². The Hall–Kier alpha value is -1.26. The number of pyridine rings is 1. The number of ether oxygens (including phenoxy) is 1. The van der Waals surface area contributed by atoms with Gasteiger partial charge in [0.05, 0.1) is 22.8 Å². The highest BCUT2D eigenvalue weighted by Gasteiger charge is 2.18. The Labute approximate surface area is 102 Å². The first-order valence-corrected chi connectivity index (χ1v) is 5.22. The van der Waals surface area contributed by atoms with Crippen molar-refractivity contribution in [1.29, 1.82) is 0 Å². The fourth-order valence-corrected chi connectivity index (χ4v) is 2.04. The molecule has 6 heteroatoms. The third-order valence-corrected chi connectivity index (χ3v) is 2.68. The molecule has 0 N–H and O–H groups in total. The molecule has 4 nitrogen and oxygen atoms in total. The van der Waals surface area contributed by atoms with Gasteiger partial charge in [-0.15, -0.1) is 0 Å². The highest BCUT2D eigenvalue weighted by Crippen LogP contribution is 2.24. The van der Waals surface area contributed by atoms with Gasteiger partial charge in [-0.1, -0.05) is 23.2 Å². The van der Waals surface area contributed by atoms with Crippen LogP contribution in [0.2, 0.25) is 10.0 Å². The number of fused-ring (bicyclic) bond motifs is 1. The molecule has 0 bridgehead atoms. The summed E-state index contributed by atoms with van der Waals surface area (Å²) in [7, 11) is 1.31. The molecule has 0 unspecified atom stereocenters. The van der Waals surface area contributed by atoms with Crippen molar-refractivity contribution in [3.63, 3.8) is 0 Å². The van der Waals surface area contributed by atoms with E-state index >= 15 is 0 Å². The number of imidazole rings is 1. The number of hydrogen-bond donors (Lipinski definition) is 0. The van der Waals surface area contributed by atoms with Crippen LogP contribution in [0.15, 0.2) is 12.3 Å². The predicted octanol–water partition coefficient (Wildman–Crippen LogP) is 2.74. The van der Waals surface area contributed by atoms with Gasteiger partial charge in [0, 0.05) is 6.20 Å². The summed E-state index contributed by atoms with van der Waals surface area (Å²) in [5.41, 5.74) is 1.38. The minimum absolute atomic E-state index is 0.335. The number of halogens is 2. The zero-order chi connectivity index (χ0) is 11.9. The number of rotatable bonds is 1. The molecule has 0 fully saturated rings. The molecule has 0 aromatic carbocycles. The summed E-state index contributed by atoms with van der Waals surface area (Å²) in [5.74, 6) is -0.469. The largest absolute Gasteiger partial charge is 0.464 e. The zero-order valence-electron chi connectivity index (χ0n) is 8.62. The van der Waals surface area contributed by atoms with Gasteiger partial charge in [0.1, 0.15) is 0 Å². The van der Waals surface area contributed by atoms with Crippen LogP contribution in [-0.2, 0) is 4.74 Å². The van der Waals surface area contributed by atoms with Crippen LogP contribution >= 0.6 is 23.2 Å². The lowest BCUT2D eigenvalue weighted by Gasteiger charge is -2.02. The fourth-order valence-electron chi connectivity index (χ4n) is 1.53. The van der Waals surface area contributed by atoms with Gasteiger partial charge in [0.25, 0.3) is 0 Å². The van der Waals surface area contributed by atoms with Gasteiger partial charge in [-0.05, 0) is 13.0 Å². The number of methoxy groups -OCH3 is 1. The Morgan fingerprint density at radius 3 is 2.81 bits per heavy atom. The molecule has 0 aliphatic carbocycles. The minimum atomic E-state index is -0.469. The number of aryl methyl sites for hydroxylation is 1. The molecule has 2 aromatic heterocycles. The van der Waals surface area contributed by atoms with Crippen LogP contribution in [0, 0.1) is 6.92 Å². The predicted molar refractivity (Wildman–Crippen MR) is 61.3 cm³/mol. The summed E-state index contributed by atoms with van der Waals surface area (Å²) >= 11 is 11.8. The van der Waals surface area contributed by atoms with Crippen molar-refractivity contribution >= 4 is 34.8 Å². The van der Waals surface area contributed by atoms with Gasteiger partial charge in [0.15, 0.2) is 11.3 Å². The zero-order valence-corrected chi connectivity index (χ0v) is 10.1. The van der Waals surface area contributed by atoms with Gasteiger partial charge >= 0.3 is 5.97 Å². The number of aromatic nitrogens is 2. The first kappa shape index (κ1) is 11.2. The molecule has 2 aromatic rings. The standard InChI is InChI=1S/C10H8Cl2N2O2/c1-5-8(10(15)16-2)14-4-6(11)3-7(12)9(14)13-5/h3-4H,1-2H3. The lowest BCUT2D eigenvalue weighted by Crippen LogP contribution is -2.07. The van der Waals surface area contributed by atoms with E-state index in [1.54, 1.807) is 19.2 Å². The Balaban J connectivity index is 2.83. The topological polar surface area (TPSA) is 43.6 Å². The van der Waals surface area contributed by atoms with Crippen molar-refractivity contribution in [1.82, 2.24) is 9.38 Å². The van der Waals surface area contributed by atoms with Crippen molar-refractivity contribution in [2.45, 2.75) is 6.92 Å². The molecule has 0 atom stereocenters. The maximum Gasteiger partial charge on any atom is 0.356 e. The van der Waals surface area contributed by atoms with E-state index in [-0.39, 0.29) is 0 Å². The molecule has 0 aliphatic rings. The molecule has 0 amide bonds. The van der Waals surface area contributed by atoms with Crippen molar-refractivity contribution in [3.05, 3.63) is 33.7 Å². The SMILES string of the molecule is COC(=O)c1c(C)nc2c(Cl)cc(Cl)cn12. The molecule has 84 valence electrons. The Morgan fingerprint density at radius 2 is 2.19 bits per heavy atom. The molecule has 2 heterocycles. The molecule has 16 heavy (non-hydrogen) atoms. The third-order valence-electron chi connectivity index (χ3n) is 2.19.